The Hall–Kier alpha value is -1.50. The molecule has 0 radical (unpaired) electrons. The summed E-state index contributed by atoms with van der Waals surface area (Å²) in [4.78, 5) is 1.89. The molecule has 0 fully saturated rings. The molecular weight excluding hydrogens is 178 g/mol. The Labute approximate surface area is 85.7 Å². The topological polar surface area (TPSA) is 39.3 Å². The van der Waals surface area contributed by atoms with Gasteiger partial charge in [0.25, 0.3) is 5.84 Å². The van der Waals surface area contributed by atoms with Crippen LogP contribution >= 0.6 is 0 Å². The van der Waals surface area contributed by atoms with E-state index in [2.05, 4.69) is 6.07 Å². The highest BCUT2D eigenvalue weighted by Gasteiger charge is 2.21. The van der Waals surface area contributed by atoms with Crippen LogP contribution in [0.5, 0.6) is 0 Å². The summed E-state index contributed by atoms with van der Waals surface area (Å²) in [5.41, 5.74) is 0.558. The summed E-state index contributed by atoms with van der Waals surface area (Å²) in [5, 5.41) is 9.03. The van der Waals surface area contributed by atoms with E-state index >= 15 is 0 Å². The van der Waals surface area contributed by atoms with Gasteiger partial charge in [-0.05, 0) is 6.92 Å². The van der Waals surface area contributed by atoms with Crippen LogP contribution in [-0.4, -0.2) is 50.6 Å². The third kappa shape index (κ3) is 2.77. The number of allylic oxidation sites excluding steroid dienone is 1. The Morgan fingerprint density at radius 1 is 1.36 bits per heavy atom. The van der Waals surface area contributed by atoms with Crippen LogP contribution in [0.15, 0.2) is 11.3 Å². The van der Waals surface area contributed by atoms with Crippen molar-refractivity contribution >= 4 is 5.84 Å². The minimum absolute atomic E-state index is 0.558. The fourth-order valence-electron chi connectivity index (χ4n) is 1.24. The lowest BCUT2D eigenvalue weighted by Crippen LogP contribution is -2.31. The van der Waals surface area contributed by atoms with E-state index in [9.17, 15) is 0 Å². The zero-order valence-electron chi connectivity index (χ0n) is 9.75. The van der Waals surface area contributed by atoms with Crippen LogP contribution in [0.3, 0.4) is 0 Å². The number of amidine groups is 1. The number of methoxy groups -OCH3 is 1. The second kappa shape index (κ2) is 5.28. The zero-order valence-corrected chi connectivity index (χ0v) is 9.75. The van der Waals surface area contributed by atoms with Gasteiger partial charge in [-0.15, -0.1) is 0 Å². The van der Waals surface area contributed by atoms with Crippen molar-refractivity contribution in [2.24, 2.45) is 0 Å². The monoisotopic (exact) mass is 196 g/mol. The summed E-state index contributed by atoms with van der Waals surface area (Å²) < 4.78 is 6.96. The highest BCUT2D eigenvalue weighted by atomic mass is 16.5. The first-order chi connectivity index (χ1) is 6.45. The van der Waals surface area contributed by atoms with E-state index in [1.165, 1.54) is 0 Å². The Morgan fingerprint density at radius 2 is 1.86 bits per heavy atom. The Morgan fingerprint density at radius 3 is 2.07 bits per heavy atom. The van der Waals surface area contributed by atoms with E-state index < -0.39 is 0 Å². The molecule has 0 aromatic rings. The molecule has 14 heavy (non-hydrogen) atoms. The van der Waals surface area contributed by atoms with Gasteiger partial charge in [-0.2, -0.15) is 5.26 Å². The molecule has 0 spiro atoms. The van der Waals surface area contributed by atoms with E-state index in [0.717, 1.165) is 5.84 Å². The van der Waals surface area contributed by atoms with Gasteiger partial charge in [0.2, 0.25) is 0 Å². The maximum atomic E-state index is 9.03. The fraction of sp³-hybridized carbons (Fsp3) is 0.600. The van der Waals surface area contributed by atoms with Gasteiger partial charge in [0.15, 0.2) is 5.57 Å². The number of hydrogen-bond donors (Lipinski definition) is 0. The molecule has 0 heterocycles. The van der Waals surface area contributed by atoms with Crippen LogP contribution in [0.2, 0.25) is 0 Å². The third-order valence-electron chi connectivity index (χ3n) is 1.84. The quantitative estimate of drug-likeness (QED) is 0.214. The molecular formula is C10H18N3O+. The summed E-state index contributed by atoms with van der Waals surface area (Å²) in [5.74, 6) is 1.47. The Kier molecular flexibility index (Phi) is 4.71. The maximum absolute atomic E-state index is 9.03. The van der Waals surface area contributed by atoms with Gasteiger partial charge in [0.1, 0.15) is 11.8 Å². The second-order valence-electron chi connectivity index (χ2n) is 3.36. The highest BCUT2D eigenvalue weighted by molar-refractivity contribution is 5.98. The number of likely N-dealkylation sites (N-methyl/N-ethyl adjacent to an activating group) is 1. The van der Waals surface area contributed by atoms with Crippen LogP contribution in [0, 0.1) is 11.3 Å². The molecule has 0 aliphatic carbocycles. The van der Waals surface area contributed by atoms with Crippen molar-refractivity contribution in [3.8, 4) is 6.07 Å². The van der Waals surface area contributed by atoms with Gasteiger partial charge in [-0.25, -0.2) is 0 Å². The average molecular weight is 196 g/mol. The number of nitrogens with zero attached hydrogens (tertiary/aromatic N) is 3. The predicted octanol–water partition coefficient (Wildman–Crippen LogP) is 0.663. The Bertz CT molecular complexity index is 304. The smallest absolute Gasteiger partial charge is 0.292 e. The molecule has 0 atom stereocenters. The largest absolute Gasteiger partial charge is 0.500 e. The first kappa shape index (κ1) is 12.5. The summed E-state index contributed by atoms with van der Waals surface area (Å²) in [6, 6.07) is 2.15. The molecule has 0 rings (SSSR count). The molecule has 4 nitrogen and oxygen atoms in total. The minimum Gasteiger partial charge on any atom is -0.500 e. The predicted molar refractivity (Wildman–Crippen MR) is 56.1 cm³/mol. The summed E-state index contributed by atoms with van der Waals surface area (Å²) >= 11 is 0. The van der Waals surface area contributed by atoms with Crippen LogP contribution in [-0.2, 0) is 4.74 Å². The lowest BCUT2D eigenvalue weighted by Gasteiger charge is -2.11. The van der Waals surface area contributed by atoms with Crippen molar-refractivity contribution in [1.29, 1.82) is 5.26 Å². The van der Waals surface area contributed by atoms with Gasteiger partial charge in [-0.3, -0.25) is 9.48 Å². The average Bonchev–Trinajstić information content (AvgIpc) is 2.11. The van der Waals surface area contributed by atoms with Crippen LogP contribution in [0.1, 0.15) is 6.92 Å². The molecule has 0 aromatic carbocycles. The van der Waals surface area contributed by atoms with Crippen LogP contribution < -0.4 is 0 Å². The molecule has 0 bridgehead atoms. The Balaban J connectivity index is 5.46. The summed E-state index contributed by atoms with van der Waals surface area (Å²) in [6.45, 7) is 1.78. The number of ether oxygens (including phenoxy) is 1. The van der Waals surface area contributed by atoms with Gasteiger partial charge in [0.05, 0.1) is 35.3 Å². The molecule has 0 saturated heterocycles. The maximum Gasteiger partial charge on any atom is 0.292 e. The summed E-state index contributed by atoms with van der Waals surface area (Å²) in [7, 11) is 9.16. The van der Waals surface area contributed by atoms with Crippen LogP contribution in [0.25, 0.3) is 0 Å². The molecule has 0 N–H and O–H groups in total. The summed E-state index contributed by atoms with van der Waals surface area (Å²) in [6.07, 6.45) is 0. The minimum atomic E-state index is 0.558. The molecule has 0 unspecified atom stereocenters. The zero-order chi connectivity index (χ0) is 11.3. The van der Waals surface area contributed by atoms with E-state index in [4.69, 9.17) is 10.00 Å². The van der Waals surface area contributed by atoms with E-state index in [1.807, 2.05) is 37.7 Å². The third-order valence-corrected chi connectivity index (χ3v) is 1.84. The first-order valence-electron chi connectivity index (χ1n) is 4.32. The van der Waals surface area contributed by atoms with Gasteiger partial charge in [0, 0.05) is 0 Å². The normalized spacial score (nSPS) is 11.2. The lowest BCUT2D eigenvalue weighted by molar-refractivity contribution is -0.469. The van der Waals surface area contributed by atoms with Gasteiger partial charge in [-0.1, -0.05) is 0 Å². The van der Waals surface area contributed by atoms with Crippen molar-refractivity contribution in [3.05, 3.63) is 11.3 Å². The van der Waals surface area contributed by atoms with Crippen molar-refractivity contribution in [3.63, 3.8) is 0 Å². The van der Waals surface area contributed by atoms with Crippen molar-refractivity contribution in [2.45, 2.75) is 6.92 Å². The fourth-order valence-corrected chi connectivity index (χ4v) is 1.24. The lowest BCUT2D eigenvalue weighted by atomic mass is 10.2. The van der Waals surface area contributed by atoms with E-state index in [0.29, 0.717) is 11.3 Å². The molecule has 0 aromatic heterocycles. The van der Waals surface area contributed by atoms with Gasteiger partial charge < -0.3 is 4.74 Å². The molecule has 0 aliphatic rings. The van der Waals surface area contributed by atoms with Crippen molar-refractivity contribution < 1.29 is 9.31 Å². The molecule has 4 heteroatoms. The van der Waals surface area contributed by atoms with Crippen molar-refractivity contribution in [1.82, 2.24) is 4.90 Å². The molecule has 0 aliphatic heterocycles. The highest BCUT2D eigenvalue weighted by Crippen LogP contribution is 2.07. The van der Waals surface area contributed by atoms with Gasteiger partial charge >= 0.3 is 0 Å². The number of hydrogen-bond acceptors (Lipinski definition) is 2. The standard InChI is InChI=1S/C10H18N3O/c1-8(14-6)9(7-11)10(12(2)3)13(4)5/h1-6H3/q+1/b9-8-. The number of nitriles is 1. The molecule has 0 amide bonds. The van der Waals surface area contributed by atoms with Crippen molar-refractivity contribution in [2.75, 3.05) is 35.3 Å². The first-order valence-corrected chi connectivity index (χ1v) is 4.32. The molecule has 0 saturated carbocycles. The van der Waals surface area contributed by atoms with E-state index in [1.54, 1.807) is 14.0 Å². The number of rotatable bonds is 2. The van der Waals surface area contributed by atoms with E-state index in [-0.39, 0.29) is 0 Å². The molecule has 78 valence electrons. The second-order valence-corrected chi connectivity index (χ2v) is 3.36. The van der Waals surface area contributed by atoms with Crippen LogP contribution in [0.4, 0.5) is 0 Å². The SMILES string of the molecule is CO/C(C)=C(/C#N)C(N(C)C)=[N+](C)C.